The molecule has 0 aliphatic heterocycles. The average molecular weight is 235 g/mol. The van der Waals surface area contributed by atoms with Crippen LogP contribution in [-0.2, 0) is 0 Å². The van der Waals surface area contributed by atoms with Crippen LogP contribution in [0.5, 0.6) is 0 Å². The lowest BCUT2D eigenvalue weighted by Gasteiger charge is -2.20. The van der Waals surface area contributed by atoms with Crippen LogP contribution in [0.3, 0.4) is 0 Å². The summed E-state index contributed by atoms with van der Waals surface area (Å²) in [6.45, 7) is 0. The van der Waals surface area contributed by atoms with E-state index in [9.17, 15) is 8.78 Å². The zero-order chi connectivity index (χ0) is 12.3. The van der Waals surface area contributed by atoms with Crippen molar-refractivity contribution in [2.75, 3.05) is 0 Å². The minimum atomic E-state index is -3.09. The van der Waals surface area contributed by atoms with E-state index in [2.05, 4.69) is 10.2 Å². The molecule has 0 heterocycles. The van der Waals surface area contributed by atoms with Gasteiger partial charge < -0.3 is 5.73 Å². The Kier molecular flexibility index (Phi) is 2.99. The van der Waals surface area contributed by atoms with Crippen LogP contribution in [0.4, 0.5) is 14.5 Å². The lowest BCUT2D eigenvalue weighted by molar-refractivity contribution is 0.0382. The standard InChI is InChI=1S/C12H11F2N3/c13-12(14)8-9(15)6-7-11(12)17-16-10-4-2-1-3-5-10/h1-8,11H,15H2/b17-16+. The molecule has 0 bridgehead atoms. The molecular formula is C12H11F2N3. The zero-order valence-electron chi connectivity index (χ0n) is 8.92. The van der Waals surface area contributed by atoms with Crippen molar-refractivity contribution in [3.05, 3.63) is 54.3 Å². The number of azo groups is 1. The number of hydrogen-bond acceptors (Lipinski definition) is 3. The Morgan fingerprint density at radius 3 is 2.53 bits per heavy atom. The van der Waals surface area contributed by atoms with Gasteiger partial charge in [0, 0.05) is 11.8 Å². The Labute approximate surface area is 97.4 Å². The van der Waals surface area contributed by atoms with Gasteiger partial charge in [-0.15, -0.1) is 0 Å². The second kappa shape index (κ2) is 4.45. The second-order valence-electron chi connectivity index (χ2n) is 3.67. The molecule has 3 nitrogen and oxygen atoms in total. The molecule has 0 saturated heterocycles. The van der Waals surface area contributed by atoms with Crippen molar-refractivity contribution in [2.24, 2.45) is 16.0 Å². The van der Waals surface area contributed by atoms with E-state index in [1.807, 2.05) is 6.07 Å². The molecule has 2 N–H and O–H groups in total. The molecular weight excluding hydrogens is 224 g/mol. The molecule has 1 aliphatic carbocycles. The van der Waals surface area contributed by atoms with Gasteiger partial charge in [-0.25, -0.2) is 0 Å². The SMILES string of the molecule is NC1=CC(F)(F)C(/N=N/c2ccccc2)C=C1. The van der Waals surface area contributed by atoms with E-state index in [-0.39, 0.29) is 5.70 Å². The van der Waals surface area contributed by atoms with Gasteiger partial charge in [-0.2, -0.15) is 19.0 Å². The van der Waals surface area contributed by atoms with Gasteiger partial charge in [-0.1, -0.05) is 18.2 Å². The molecule has 1 atom stereocenters. The van der Waals surface area contributed by atoms with E-state index >= 15 is 0 Å². The van der Waals surface area contributed by atoms with Crippen LogP contribution in [0.25, 0.3) is 0 Å². The third kappa shape index (κ3) is 2.75. The van der Waals surface area contributed by atoms with Crippen molar-refractivity contribution in [2.45, 2.75) is 12.0 Å². The van der Waals surface area contributed by atoms with Gasteiger partial charge >= 0.3 is 0 Å². The van der Waals surface area contributed by atoms with Crippen LogP contribution in [0.15, 0.2) is 64.5 Å². The van der Waals surface area contributed by atoms with Gasteiger partial charge in [-0.05, 0) is 24.3 Å². The summed E-state index contributed by atoms with van der Waals surface area (Å²) in [5.41, 5.74) is 5.89. The Bertz CT molecular complexity index is 478. The molecule has 1 aliphatic rings. The smallest absolute Gasteiger partial charge is 0.295 e. The van der Waals surface area contributed by atoms with Crippen molar-refractivity contribution in [3.8, 4) is 0 Å². The first-order valence-corrected chi connectivity index (χ1v) is 5.08. The van der Waals surface area contributed by atoms with Crippen LogP contribution in [0.1, 0.15) is 0 Å². The molecule has 0 radical (unpaired) electrons. The monoisotopic (exact) mass is 235 g/mol. The van der Waals surface area contributed by atoms with Gasteiger partial charge in [0.1, 0.15) is 0 Å². The summed E-state index contributed by atoms with van der Waals surface area (Å²) in [4.78, 5) is 0. The first kappa shape index (κ1) is 11.4. The van der Waals surface area contributed by atoms with Crippen molar-refractivity contribution in [1.82, 2.24) is 0 Å². The summed E-state index contributed by atoms with van der Waals surface area (Å²) >= 11 is 0. The van der Waals surface area contributed by atoms with Gasteiger partial charge in [-0.3, -0.25) is 0 Å². The molecule has 0 aromatic heterocycles. The maximum absolute atomic E-state index is 13.5. The molecule has 88 valence electrons. The number of allylic oxidation sites excluding steroid dienone is 1. The van der Waals surface area contributed by atoms with Crippen molar-refractivity contribution in [3.63, 3.8) is 0 Å². The maximum Gasteiger partial charge on any atom is 0.295 e. The average Bonchev–Trinajstić information content (AvgIpc) is 2.28. The normalized spacial score (nSPS) is 22.7. The van der Waals surface area contributed by atoms with Crippen LogP contribution >= 0.6 is 0 Å². The highest BCUT2D eigenvalue weighted by atomic mass is 19.3. The largest absolute Gasteiger partial charge is 0.399 e. The highest BCUT2D eigenvalue weighted by Crippen LogP contribution is 2.29. The quantitative estimate of drug-likeness (QED) is 0.786. The van der Waals surface area contributed by atoms with Gasteiger partial charge in [0.05, 0.1) is 5.69 Å². The van der Waals surface area contributed by atoms with Gasteiger partial charge in [0.25, 0.3) is 5.92 Å². The third-order valence-corrected chi connectivity index (χ3v) is 2.28. The Morgan fingerprint density at radius 1 is 1.18 bits per heavy atom. The third-order valence-electron chi connectivity index (χ3n) is 2.28. The maximum atomic E-state index is 13.5. The molecule has 0 saturated carbocycles. The van der Waals surface area contributed by atoms with Crippen LogP contribution in [-0.4, -0.2) is 12.0 Å². The van der Waals surface area contributed by atoms with Crippen molar-refractivity contribution < 1.29 is 8.78 Å². The molecule has 2 rings (SSSR count). The van der Waals surface area contributed by atoms with E-state index in [1.165, 1.54) is 12.2 Å². The summed E-state index contributed by atoms with van der Waals surface area (Å²) in [5.74, 6) is -3.09. The lowest BCUT2D eigenvalue weighted by Crippen LogP contribution is -2.31. The molecule has 1 aromatic carbocycles. The summed E-state index contributed by atoms with van der Waals surface area (Å²) in [7, 11) is 0. The summed E-state index contributed by atoms with van der Waals surface area (Å²) in [6.07, 6.45) is 3.36. The van der Waals surface area contributed by atoms with E-state index in [4.69, 9.17) is 5.73 Å². The Morgan fingerprint density at radius 2 is 1.88 bits per heavy atom. The molecule has 1 unspecified atom stereocenters. The number of halogens is 2. The minimum absolute atomic E-state index is 0.0427. The molecule has 0 spiro atoms. The number of benzene rings is 1. The summed E-state index contributed by atoms with van der Waals surface area (Å²) < 4.78 is 26.9. The number of rotatable bonds is 2. The minimum Gasteiger partial charge on any atom is -0.399 e. The number of nitrogens with zero attached hydrogens (tertiary/aromatic N) is 2. The predicted octanol–water partition coefficient (Wildman–Crippen LogP) is 3.19. The molecule has 1 aromatic rings. The van der Waals surface area contributed by atoms with E-state index in [0.717, 1.165) is 0 Å². The molecule has 0 fully saturated rings. The molecule has 0 amide bonds. The van der Waals surface area contributed by atoms with E-state index in [0.29, 0.717) is 11.8 Å². The molecule has 5 heteroatoms. The highest BCUT2D eigenvalue weighted by Gasteiger charge is 2.38. The summed E-state index contributed by atoms with van der Waals surface area (Å²) in [6, 6.07) is 7.44. The number of hydrogen-bond donors (Lipinski definition) is 1. The Balaban J connectivity index is 2.15. The highest BCUT2D eigenvalue weighted by molar-refractivity contribution is 5.35. The second-order valence-corrected chi connectivity index (χ2v) is 3.67. The van der Waals surface area contributed by atoms with Crippen molar-refractivity contribution >= 4 is 5.69 Å². The lowest BCUT2D eigenvalue weighted by atomic mass is 10.0. The van der Waals surface area contributed by atoms with Gasteiger partial charge in [0.15, 0.2) is 6.04 Å². The van der Waals surface area contributed by atoms with Gasteiger partial charge in [0.2, 0.25) is 0 Å². The van der Waals surface area contributed by atoms with Crippen LogP contribution in [0, 0.1) is 0 Å². The fraction of sp³-hybridized carbons (Fsp3) is 0.167. The first-order valence-electron chi connectivity index (χ1n) is 5.08. The van der Waals surface area contributed by atoms with E-state index < -0.39 is 12.0 Å². The fourth-order valence-corrected chi connectivity index (χ4v) is 1.43. The van der Waals surface area contributed by atoms with Crippen molar-refractivity contribution in [1.29, 1.82) is 0 Å². The predicted molar refractivity (Wildman–Crippen MR) is 61.1 cm³/mol. The summed E-state index contributed by atoms with van der Waals surface area (Å²) in [5, 5.41) is 7.40. The van der Waals surface area contributed by atoms with Crippen LogP contribution in [0.2, 0.25) is 0 Å². The Hall–Kier alpha value is -2.04. The first-order chi connectivity index (χ1) is 8.08. The molecule has 17 heavy (non-hydrogen) atoms. The number of nitrogens with two attached hydrogens (primary N) is 1. The van der Waals surface area contributed by atoms with Crippen LogP contribution < -0.4 is 5.73 Å². The fourth-order valence-electron chi connectivity index (χ4n) is 1.43. The van der Waals surface area contributed by atoms with E-state index in [1.54, 1.807) is 24.3 Å². The zero-order valence-corrected chi connectivity index (χ0v) is 8.92. The topological polar surface area (TPSA) is 50.7 Å². The number of alkyl halides is 2.